The van der Waals surface area contributed by atoms with Crippen LogP contribution in [0, 0.1) is 12.3 Å². The van der Waals surface area contributed by atoms with Gasteiger partial charge < -0.3 is 20.5 Å². The van der Waals surface area contributed by atoms with Gasteiger partial charge >= 0.3 is 0 Å². The summed E-state index contributed by atoms with van der Waals surface area (Å²) >= 11 is 0. The van der Waals surface area contributed by atoms with Crippen LogP contribution in [-0.4, -0.2) is 42.9 Å². The molecule has 2 heterocycles. The molecule has 180 valence electrons. The Bertz CT molecular complexity index is 1330. The van der Waals surface area contributed by atoms with E-state index in [1.807, 2.05) is 23.7 Å². The van der Waals surface area contributed by atoms with Crippen molar-refractivity contribution in [1.29, 1.82) is 0 Å². The molecule has 4 N–H and O–H groups in total. The first-order valence-electron chi connectivity index (χ1n) is 12.0. The van der Waals surface area contributed by atoms with Crippen LogP contribution in [0.1, 0.15) is 73.4 Å². The van der Waals surface area contributed by atoms with Crippen molar-refractivity contribution in [2.45, 2.75) is 78.0 Å². The number of carbonyl (C=O) groups excluding carboxylic acids is 1. The van der Waals surface area contributed by atoms with Gasteiger partial charge in [-0.2, -0.15) is 5.10 Å². The zero-order chi connectivity index (χ0) is 24.2. The standard InChI is InChI=1S/C26H32N4O4/c1-14-23-21(11-26(2,3)12-22(23)33)30(29-14)18-9-15-8-17(13-31)28-25(34)24(15)20(10-18)27-16-4-6-19(32)7-5-16/h8-10,16,19,27,31-32H,4-7,11-13H2,1-3H3,(H,28,34). The summed E-state index contributed by atoms with van der Waals surface area (Å²) in [6.45, 7) is 5.79. The highest BCUT2D eigenvalue weighted by Gasteiger charge is 2.36. The van der Waals surface area contributed by atoms with Gasteiger partial charge in [0.2, 0.25) is 0 Å². The predicted molar refractivity (Wildman–Crippen MR) is 131 cm³/mol. The van der Waals surface area contributed by atoms with Crippen molar-refractivity contribution < 1.29 is 15.0 Å². The summed E-state index contributed by atoms with van der Waals surface area (Å²) in [6, 6.07) is 5.76. The van der Waals surface area contributed by atoms with Gasteiger partial charge in [-0.05, 0) is 68.0 Å². The van der Waals surface area contributed by atoms with Gasteiger partial charge in [0.15, 0.2) is 5.78 Å². The number of nitrogens with zero attached hydrogens (tertiary/aromatic N) is 2. The van der Waals surface area contributed by atoms with Gasteiger partial charge in [-0.1, -0.05) is 13.8 Å². The normalized spacial score (nSPS) is 22.1. The number of carbonyl (C=O) groups is 1. The number of hydrogen-bond donors (Lipinski definition) is 4. The molecule has 1 fully saturated rings. The van der Waals surface area contributed by atoms with E-state index in [0.29, 0.717) is 39.8 Å². The minimum atomic E-state index is -0.267. The van der Waals surface area contributed by atoms with E-state index >= 15 is 0 Å². The number of aromatic amines is 1. The Kier molecular flexibility index (Phi) is 5.61. The first-order chi connectivity index (χ1) is 16.1. The lowest BCUT2D eigenvalue weighted by Crippen LogP contribution is -2.29. The summed E-state index contributed by atoms with van der Waals surface area (Å²) < 4.78 is 1.85. The molecule has 0 aliphatic heterocycles. The monoisotopic (exact) mass is 464 g/mol. The molecule has 0 unspecified atom stereocenters. The van der Waals surface area contributed by atoms with Gasteiger partial charge in [-0.3, -0.25) is 9.59 Å². The van der Waals surface area contributed by atoms with Crippen LogP contribution in [-0.2, 0) is 13.0 Å². The van der Waals surface area contributed by atoms with Gasteiger partial charge in [0.05, 0.1) is 40.7 Å². The van der Waals surface area contributed by atoms with Crippen molar-refractivity contribution in [1.82, 2.24) is 14.8 Å². The summed E-state index contributed by atoms with van der Waals surface area (Å²) in [5.41, 5.74) is 3.81. The molecule has 2 aromatic heterocycles. The van der Waals surface area contributed by atoms with E-state index in [1.54, 1.807) is 6.07 Å². The minimum Gasteiger partial charge on any atom is -0.393 e. The first kappa shape index (κ1) is 22.8. The molecule has 8 heteroatoms. The molecule has 3 aromatic rings. The topological polar surface area (TPSA) is 120 Å². The van der Waals surface area contributed by atoms with E-state index in [4.69, 9.17) is 5.10 Å². The Hall–Kier alpha value is -2.97. The zero-order valence-corrected chi connectivity index (χ0v) is 19.9. The second-order valence-electron chi connectivity index (χ2n) is 10.6. The number of anilines is 1. The number of aliphatic hydroxyl groups is 2. The fourth-order valence-corrected chi connectivity index (χ4v) is 5.56. The number of aryl methyl sites for hydroxylation is 1. The number of benzene rings is 1. The number of ketones is 1. The third kappa shape index (κ3) is 4.05. The van der Waals surface area contributed by atoms with E-state index in [2.05, 4.69) is 24.1 Å². The molecule has 0 amide bonds. The summed E-state index contributed by atoms with van der Waals surface area (Å²) in [5, 5.41) is 29.1. The van der Waals surface area contributed by atoms with E-state index in [1.165, 1.54) is 0 Å². The molecule has 2 aliphatic carbocycles. The van der Waals surface area contributed by atoms with Crippen molar-refractivity contribution in [2.75, 3.05) is 5.32 Å². The summed E-state index contributed by atoms with van der Waals surface area (Å²) in [6.07, 6.45) is 4.05. The molecule has 1 aromatic carbocycles. The van der Waals surface area contributed by atoms with Crippen LogP contribution in [0.3, 0.4) is 0 Å². The van der Waals surface area contributed by atoms with Crippen molar-refractivity contribution in [3.8, 4) is 5.69 Å². The molecular formula is C26H32N4O4. The Balaban J connectivity index is 1.68. The number of hydrogen-bond acceptors (Lipinski definition) is 6. The van der Waals surface area contributed by atoms with Crippen molar-refractivity contribution in [3.05, 3.63) is 51.2 Å². The van der Waals surface area contributed by atoms with Gasteiger partial charge in [0.25, 0.3) is 5.56 Å². The zero-order valence-electron chi connectivity index (χ0n) is 19.9. The maximum absolute atomic E-state index is 13.0. The number of nitrogens with one attached hydrogen (secondary N) is 2. The van der Waals surface area contributed by atoms with E-state index in [-0.39, 0.29) is 35.5 Å². The highest BCUT2D eigenvalue weighted by Crippen LogP contribution is 2.38. The number of Topliss-reactive ketones (excluding diaryl/α,β-unsaturated/α-hetero) is 1. The molecule has 0 atom stereocenters. The molecule has 2 aliphatic rings. The third-order valence-corrected chi connectivity index (χ3v) is 7.18. The SMILES string of the molecule is Cc1nn(-c2cc(NC3CCC(O)CC3)c3c(=O)[nH]c(CO)cc3c2)c2c1C(=O)CC(C)(C)C2. The van der Waals surface area contributed by atoms with Crippen LogP contribution in [0.4, 0.5) is 5.69 Å². The molecule has 5 rings (SSSR count). The molecule has 0 saturated heterocycles. The summed E-state index contributed by atoms with van der Waals surface area (Å²) in [7, 11) is 0. The van der Waals surface area contributed by atoms with Crippen molar-refractivity contribution >= 4 is 22.2 Å². The van der Waals surface area contributed by atoms with E-state index in [9.17, 15) is 19.8 Å². The average molecular weight is 465 g/mol. The van der Waals surface area contributed by atoms with Crippen LogP contribution in [0.5, 0.6) is 0 Å². The van der Waals surface area contributed by atoms with Gasteiger partial charge in [-0.25, -0.2) is 4.68 Å². The molecule has 0 spiro atoms. The molecule has 8 nitrogen and oxygen atoms in total. The maximum Gasteiger partial charge on any atom is 0.258 e. The van der Waals surface area contributed by atoms with Gasteiger partial charge in [0.1, 0.15) is 0 Å². The molecule has 0 bridgehead atoms. The molecule has 34 heavy (non-hydrogen) atoms. The smallest absolute Gasteiger partial charge is 0.258 e. The lowest BCUT2D eigenvalue weighted by Gasteiger charge is -2.29. The largest absolute Gasteiger partial charge is 0.393 e. The van der Waals surface area contributed by atoms with Crippen LogP contribution >= 0.6 is 0 Å². The average Bonchev–Trinajstić information content (AvgIpc) is 3.09. The molecule has 0 radical (unpaired) electrons. The van der Waals surface area contributed by atoms with E-state index < -0.39 is 0 Å². The first-order valence-corrected chi connectivity index (χ1v) is 12.0. The van der Waals surface area contributed by atoms with Crippen LogP contribution in [0.2, 0.25) is 0 Å². The Morgan fingerprint density at radius 3 is 2.59 bits per heavy atom. The second kappa shape index (κ2) is 8.36. The highest BCUT2D eigenvalue weighted by atomic mass is 16.3. The number of pyridine rings is 1. The van der Waals surface area contributed by atoms with Gasteiger partial charge in [0, 0.05) is 23.8 Å². The lowest BCUT2D eigenvalue weighted by molar-refractivity contribution is 0.0910. The number of rotatable bonds is 4. The maximum atomic E-state index is 13.0. The number of H-pyrrole nitrogens is 1. The van der Waals surface area contributed by atoms with Crippen LogP contribution in [0.15, 0.2) is 23.0 Å². The van der Waals surface area contributed by atoms with Crippen molar-refractivity contribution in [2.24, 2.45) is 5.41 Å². The molecular weight excluding hydrogens is 432 g/mol. The van der Waals surface area contributed by atoms with Crippen molar-refractivity contribution in [3.63, 3.8) is 0 Å². The molecule has 1 saturated carbocycles. The lowest BCUT2D eigenvalue weighted by atomic mass is 9.75. The van der Waals surface area contributed by atoms with E-state index in [0.717, 1.165) is 43.5 Å². The number of aliphatic hydroxyl groups excluding tert-OH is 2. The summed E-state index contributed by atoms with van der Waals surface area (Å²) in [5.74, 6) is 0.119. The Morgan fingerprint density at radius 1 is 1.15 bits per heavy atom. The van der Waals surface area contributed by atoms with Crippen LogP contribution < -0.4 is 10.9 Å². The fraction of sp³-hybridized carbons (Fsp3) is 0.500. The fourth-order valence-electron chi connectivity index (χ4n) is 5.56. The Labute approximate surface area is 198 Å². The van der Waals surface area contributed by atoms with Gasteiger partial charge in [-0.15, -0.1) is 0 Å². The quantitative estimate of drug-likeness (QED) is 0.470. The second-order valence-corrected chi connectivity index (χ2v) is 10.6. The third-order valence-electron chi connectivity index (χ3n) is 7.18. The number of fused-ring (bicyclic) bond motifs is 2. The highest BCUT2D eigenvalue weighted by molar-refractivity contribution is 6.00. The predicted octanol–water partition coefficient (Wildman–Crippen LogP) is 3.39. The summed E-state index contributed by atoms with van der Waals surface area (Å²) in [4.78, 5) is 28.6. The van der Waals surface area contributed by atoms with Crippen LogP contribution in [0.25, 0.3) is 16.5 Å². The Morgan fingerprint density at radius 2 is 1.88 bits per heavy atom. The number of aromatic nitrogens is 3. The minimum absolute atomic E-state index is 0.119.